The predicted molar refractivity (Wildman–Crippen MR) is 40.0 cm³/mol. The van der Waals surface area contributed by atoms with Crippen LogP contribution >= 0.6 is 0 Å². The summed E-state index contributed by atoms with van der Waals surface area (Å²) in [7, 11) is 0. The van der Waals surface area contributed by atoms with Crippen molar-refractivity contribution in [3.8, 4) is 0 Å². The molecule has 2 nitrogen and oxygen atoms in total. The SMILES string of the molecule is CCC=C=CNCCN. The standard InChI is InChI=1S/C7H14N2/c1-2-3-4-6-9-7-5-8/h3,6,9H,2,5,7-8H2,1H3. The lowest BCUT2D eigenvalue weighted by molar-refractivity contribution is 0.843. The van der Waals surface area contributed by atoms with Crippen molar-refractivity contribution in [2.24, 2.45) is 5.73 Å². The van der Waals surface area contributed by atoms with Crippen molar-refractivity contribution < 1.29 is 0 Å². The van der Waals surface area contributed by atoms with E-state index in [0.717, 1.165) is 13.0 Å². The van der Waals surface area contributed by atoms with E-state index in [4.69, 9.17) is 5.73 Å². The highest BCUT2D eigenvalue weighted by molar-refractivity contribution is 4.81. The van der Waals surface area contributed by atoms with Crippen molar-refractivity contribution >= 4 is 0 Å². The second-order valence-electron chi connectivity index (χ2n) is 1.67. The topological polar surface area (TPSA) is 38.0 Å². The second-order valence-corrected chi connectivity index (χ2v) is 1.67. The summed E-state index contributed by atoms with van der Waals surface area (Å²) in [5.74, 6) is 0. The Bertz CT molecular complexity index is 101. The predicted octanol–water partition coefficient (Wildman–Crippen LogP) is 0.614. The normalized spacial score (nSPS) is 7.78. The van der Waals surface area contributed by atoms with E-state index in [9.17, 15) is 0 Å². The van der Waals surface area contributed by atoms with Crippen LogP contribution in [0, 0.1) is 0 Å². The first-order valence-electron chi connectivity index (χ1n) is 3.24. The van der Waals surface area contributed by atoms with Gasteiger partial charge in [-0.2, -0.15) is 0 Å². The Kier molecular flexibility index (Phi) is 6.70. The maximum absolute atomic E-state index is 5.22. The molecule has 52 valence electrons. The summed E-state index contributed by atoms with van der Waals surface area (Å²) in [6.07, 6.45) is 4.78. The second kappa shape index (κ2) is 7.28. The number of nitrogens with one attached hydrogen (secondary N) is 1. The molecule has 0 amide bonds. The smallest absolute Gasteiger partial charge is 0.0394 e. The molecule has 0 saturated carbocycles. The van der Waals surface area contributed by atoms with Crippen LogP contribution in [-0.4, -0.2) is 13.1 Å². The first kappa shape index (κ1) is 8.28. The third kappa shape index (κ3) is 7.28. The maximum atomic E-state index is 5.22. The molecule has 0 atom stereocenters. The largest absolute Gasteiger partial charge is 0.383 e. The quantitative estimate of drug-likeness (QED) is 0.428. The molecule has 0 aliphatic carbocycles. The fraction of sp³-hybridized carbons (Fsp3) is 0.571. The summed E-state index contributed by atoms with van der Waals surface area (Å²) in [5, 5.41) is 2.98. The number of hydrogen-bond donors (Lipinski definition) is 2. The summed E-state index contributed by atoms with van der Waals surface area (Å²) < 4.78 is 0. The molecule has 0 aromatic heterocycles. The van der Waals surface area contributed by atoms with E-state index in [-0.39, 0.29) is 0 Å². The molecule has 0 heterocycles. The van der Waals surface area contributed by atoms with Gasteiger partial charge in [-0.1, -0.05) is 6.92 Å². The molecule has 0 unspecified atom stereocenters. The zero-order chi connectivity index (χ0) is 6.95. The van der Waals surface area contributed by atoms with Gasteiger partial charge in [0.25, 0.3) is 0 Å². The third-order valence-corrected chi connectivity index (χ3v) is 0.796. The highest BCUT2D eigenvalue weighted by Gasteiger charge is 1.69. The zero-order valence-corrected chi connectivity index (χ0v) is 5.85. The lowest BCUT2D eigenvalue weighted by Gasteiger charge is -1.90. The van der Waals surface area contributed by atoms with E-state index in [2.05, 4.69) is 18.0 Å². The molecule has 0 aromatic carbocycles. The summed E-state index contributed by atoms with van der Waals surface area (Å²) >= 11 is 0. The zero-order valence-electron chi connectivity index (χ0n) is 5.85. The Hall–Kier alpha value is -0.720. The monoisotopic (exact) mass is 126 g/mol. The van der Waals surface area contributed by atoms with Crippen LogP contribution in [0.2, 0.25) is 0 Å². The number of nitrogens with two attached hydrogens (primary N) is 1. The van der Waals surface area contributed by atoms with Crippen LogP contribution in [0.15, 0.2) is 18.0 Å². The Morgan fingerprint density at radius 3 is 3.00 bits per heavy atom. The lowest BCUT2D eigenvalue weighted by atomic mass is 10.5. The van der Waals surface area contributed by atoms with Crippen molar-refractivity contribution in [2.75, 3.05) is 13.1 Å². The highest BCUT2D eigenvalue weighted by atomic mass is 14.8. The summed E-state index contributed by atoms with van der Waals surface area (Å²) in [6.45, 7) is 3.57. The van der Waals surface area contributed by atoms with Gasteiger partial charge in [-0.05, 0) is 12.5 Å². The van der Waals surface area contributed by atoms with Gasteiger partial charge < -0.3 is 11.1 Å². The van der Waals surface area contributed by atoms with Gasteiger partial charge in [0.2, 0.25) is 0 Å². The molecular weight excluding hydrogens is 112 g/mol. The Morgan fingerprint density at radius 1 is 1.67 bits per heavy atom. The third-order valence-electron chi connectivity index (χ3n) is 0.796. The average molecular weight is 126 g/mol. The van der Waals surface area contributed by atoms with Crippen LogP contribution in [0.1, 0.15) is 13.3 Å². The van der Waals surface area contributed by atoms with Gasteiger partial charge in [-0.3, -0.25) is 0 Å². The lowest BCUT2D eigenvalue weighted by Crippen LogP contribution is -2.16. The highest BCUT2D eigenvalue weighted by Crippen LogP contribution is 1.72. The molecule has 3 N–H and O–H groups in total. The summed E-state index contributed by atoms with van der Waals surface area (Å²) in [5.41, 5.74) is 8.18. The van der Waals surface area contributed by atoms with Crippen molar-refractivity contribution in [3.05, 3.63) is 18.0 Å². The van der Waals surface area contributed by atoms with Crippen LogP contribution in [-0.2, 0) is 0 Å². The minimum absolute atomic E-state index is 0.671. The van der Waals surface area contributed by atoms with Crippen LogP contribution < -0.4 is 11.1 Å². The molecule has 0 radical (unpaired) electrons. The fourth-order valence-electron chi connectivity index (χ4n) is 0.391. The fourth-order valence-corrected chi connectivity index (χ4v) is 0.391. The summed E-state index contributed by atoms with van der Waals surface area (Å²) in [4.78, 5) is 0. The van der Waals surface area contributed by atoms with Crippen molar-refractivity contribution in [3.63, 3.8) is 0 Å². The van der Waals surface area contributed by atoms with Crippen LogP contribution in [0.3, 0.4) is 0 Å². The molecule has 0 saturated heterocycles. The van der Waals surface area contributed by atoms with Gasteiger partial charge in [-0.15, -0.1) is 5.73 Å². The van der Waals surface area contributed by atoms with Gasteiger partial charge in [0.05, 0.1) is 0 Å². The van der Waals surface area contributed by atoms with E-state index in [1.165, 1.54) is 0 Å². The van der Waals surface area contributed by atoms with Crippen molar-refractivity contribution in [1.82, 2.24) is 5.32 Å². The summed E-state index contributed by atoms with van der Waals surface area (Å²) in [6, 6.07) is 0. The molecule has 2 heteroatoms. The molecule has 0 aliphatic rings. The Balaban J connectivity index is 3.13. The minimum atomic E-state index is 0.671. The molecule has 0 aromatic rings. The molecule has 9 heavy (non-hydrogen) atoms. The molecule has 0 spiro atoms. The molecule has 0 fully saturated rings. The van der Waals surface area contributed by atoms with E-state index < -0.39 is 0 Å². The number of hydrogen-bond acceptors (Lipinski definition) is 2. The Morgan fingerprint density at radius 2 is 2.44 bits per heavy atom. The van der Waals surface area contributed by atoms with E-state index in [1.54, 1.807) is 6.20 Å². The van der Waals surface area contributed by atoms with Crippen molar-refractivity contribution in [2.45, 2.75) is 13.3 Å². The van der Waals surface area contributed by atoms with Gasteiger partial charge >= 0.3 is 0 Å². The number of rotatable bonds is 4. The van der Waals surface area contributed by atoms with Crippen molar-refractivity contribution in [1.29, 1.82) is 0 Å². The average Bonchev–Trinajstić information content (AvgIpc) is 1.89. The van der Waals surface area contributed by atoms with Crippen LogP contribution in [0.5, 0.6) is 0 Å². The first-order chi connectivity index (χ1) is 4.41. The van der Waals surface area contributed by atoms with Gasteiger partial charge in [-0.25, -0.2) is 0 Å². The number of allylic oxidation sites excluding steroid dienone is 1. The molecule has 0 aliphatic heterocycles. The minimum Gasteiger partial charge on any atom is -0.383 e. The van der Waals surface area contributed by atoms with E-state index in [0.29, 0.717) is 6.54 Å². The first-order valence-corrected chi connectivity index (χ1v) is 3.24. The van der Waals surface area contributed by atoms with Gasteiger partial charge in [0.15, 0.2) is 0 Å². The molecular formula is C7H14N2. The van der Waals surface area contributed by atoms with Crippen LogP contribution in [0.4, 0.5) is 0 Å². The molecule has 0 rings (SSSR count). The Labute approximate surface area is 56.4 Å². The maximum Gasteiger partial charge on any atom is 0.0394 e. The van der Waals surface area contributed by atoms with E-state index in [1.807, 2.05) is 6.08 Å². The van der Waals surface area contributed by atoms with E-state index >= 15 is 0 Å². The van der Waals surface area contributed by atoms with Crippen LogP contribution in [0.25, 0.3) is 0 Å². The van der Waals surface area contributed by atoms with Gasteiger partial charge in [0.1, 0.15) is 0 Å². The molecule has 0 bridgehead atoms. The van der Waals surface area contributed by atoms with Gasteiger partial charge in [0, 0.05) is 19.3 Å².